The zero-order valence-electron chi connectivity index (χ0n) is 8.79. The van der Waals surface area contributed by atoms with Crippen LogP contribution >= 0.6 is 15.9 Å². The molecule has 0 aliphatic carbocycles. The SMILES string of the molecule is N#Cc1cc(Br)ccc1N1CCC(F)CC1. The van der Waals surface area contributed by atoms with Gasteiger partial charge < -0.3 is 4.90 Å². The first-order chi connectivity index (χ1) is 7.70. The Morgan fingerprint density at radius 3 is 2.69 bits per heavy atom. The van der Waals surface area contributed by atoms with Crippen LogP contribution in [0.5, 0.6) is 0 Å². The fourth-order valence-electron chi connectivity index (χ4n) is 1.96. The average Bonchev–Trinajstić information content (AvgIpc) is 2.30. The Morgan fingerprint density at radius 2 is 2.06 bits per heavy atom. The van der Waals surface area contributed by atoms with E-state index in [9.17, 15) is 4.39 Å². The summed E-state index contributed by atoms with van der Waals surface area (Å²) in [6, 6.07) is 7.81. The fourth-order valence-corrected chi connectivity index (χ4v) is 2.32. The monoisotopic (exact) mass is 282 g/mol. The molecular formula is C12H12BrFN2. The Hall–Kier alpha value is -1.08. The number of hydrogen-bond acceptors (Lipinski definition) is 2. The molecule has 0 atom stereocenters. The van der Waals surface area contributed by atoms with Crippen LogP contribution in [0.15, 0.2) is 22.7 Å². The second-order valence-corrected chi connectivity index (χ2v) is 4.85. The van der Waals surface area contributed by atoms with Gasteiger partial charge in [-0.25, -0.2) is 4.39 Å². The molecule has 2 nitrogen and oxygen atoms in total. The van der Waals surface area contributed by atoms with Crippen molar-refractivity contribution in [1.29, 1.82) is 5.26 Å². The normalized spacial score (nSPS) is 17.2. The smallest absolute Gasteiger partial charge is 0.103 e. The van der Waals surface area contributed by atoms with Crippen molar-refractivity contribution in [2.24, 2.45) is 0 Å². The molecule has 1 aromatic carbocycles. The molecule has 0 radical (unpaired) electrons. The molecule has 0 aromatic heterocycles. The van der Waals surface area contributed by atoms with E-state index in [0.717, 1.165) is 10.2 Å². The zero-order valence-corrected chi connectivity index (χ0v) is 10.4. The number of anilines is 1. The van der Waals surface area contributed by atoms with E-state index < -0.39 is 6.17 Å². The third kappa shape index (κ3) is 2.35. The molecule has 0 N–H and O–H groups in total. The predicted octanol–water partition coefficient (Wildman–Crippen LogP) is 3.26. The number of benzene rings is 1. The molecule has 1 fully saturated rings. The molecule has 2 rings (SSSR count). The van der Waals surface area contributed by atoms with Crippen molar-refractivity contribution in [3.8, 4) is 6.07 Å². The fraction of sp³-hybridized carbons (Fsp3) is 0.417. The Bertz CT molecular complexity index is 420. The molecule has 1 aromatic rings. The van der Waals surface area contributed by atoms with Gasteiger partial charge in [0.05, 0.1) is 11.3 Å². The quantitative estimate of drug-likeness (QED) is 0.791. The molecule has 1 aliphatic heterocycles. The number of halogens is 2. The minimum atomic E-state index is -0.683. The Kier molecular flexibility index (Phi) is 3.45. The summed E-state index contributed by atoms with van der Waals surface area (Å²) >= 11 is 3.34. The largest absolute Gasteiger partial charge is 0.370 e. The summed E-state index contributed by atoms with van der Waals surface area (Å²) in [4.78, 5) is 2.08. The molecule has 0 saturated carbocycles. The number of piperidine rings is 1. The van der Waals surface area contributed by atoms with E-state index in [-0.39, 0.29) is 0 Å². The maximum atomic E-state index is 13.0. The number of nitriles is 1. The van der Waals surface area contributed by atoms with Gasteiger partial charge in [0.2, 0.25) is 0 Å². The molecule has 16 heavy (non-hydrogen) atoms. The standard InChI is InChI=1S/C12H12BrFN2/c13-10-1-2-12(9(7-10)8-15)16-5-3-11(14)4-6-16/h1-2,7,11H,3-6H2. The van der Waals surface area contributed by atoms with Gasteiger partial charge in [0.1, 0.15) is 12.2 Å². The summed E-state index contributed by atoms with van der Waals surface area (Å²) in [5.74, 6) is 0. The van der Waals surface area contributed by atoms with Gasteiger partial charge in [-0.1, -0.05) is 15.9 Å². The Morgan fingerprint density at radius 1 is 1.38 bits per heavy atom. The van der Waals surface area contributed by atoms with Gasteiger partial charge in [-0.15, -0.1) is 0 Å². The van der Waals surface area contributed by atoms with Crippen LogP contribution in [-0.2, 0) is 0 Å². The maximum absolute atomic E-state index is 13.0. The van der Waals surface area contributed by atoms with E-state index in [1.165, 1.54) is 0 Å². The lowest BCUT2D eigenvalue weighted by Gasteiger charge is -2.31. The van der Waals surface area contributed by atoms with Crippen LogP contribution in [0.2, 0.25) is 0 Å². The van der Waals surface area contributed by atoms with Gasteiger partial charge in [0.25, 0.3) is 0 Å². The molecule has 1 aliphatic rings. The average molecular weight is 283 g/mol. The molecule has 4 heteroatoms. The van der Waals surface area contributed by atoms with Crippen LogP contribution in [0.4, 0.5) is 10.1 Å². The Balaban J connectivity index is 2.24. The molecule has 1 saturated heterocycles. The summed E-state index contributed by atoms with van der Waals surface area (Å²) in [6.45, 7) is 1.38. The second kappa shape index (κ2) is 4.84. The van der Waals surface area contributed by atoms with Crippen LogP contribution in [-0.4, -0.2) is 19.3 Å². The van der Waals surface area contributed by atoms with Gasteiger partial charge in [-0.3, -0.25) is 0 Å². The number of nitrogens with zero attached hydrogens (tertiary/aromatic N) is 2. The molecular weight excluding hydrogens is 271 g/mol. The molecule has 0 bridgehead atoms. The highest BCUT2D eigenvalue weighted by Crippen LogP contribution is 2.27. The van der Waals surface area contributed by atoms with E-state index in [0.29, 0.717) is 31.5 Å². The maximum Gasteiger partial charge on any atom is 0.103 e. The van der Waals surface area contributed by atoms with Crippen molar-refractivity contribution in [3.05, 3.63) is 28.2 Å². The van der Waals surface area contributed by atoms with Gasteiger partial charge in [0, 0.05) is 17.6 Å². The van der Waals surface area contributed by atoms with Gasteiger partial charge >= 0.3 is 0 Å². The van der Waals surface area contributed by atoms with Crippen molar-refractivity contribution in [1.82, 2.24) is 0 Å². The molecule has 84 valence electrons. The third-order valence-corrected chi connectivity index (χ3v) is 3.34. The number of hydrogen-bond donors (Lipinski definition) is 0. The highest BCUT2D eigenvalue weighted by Gasteiger charge is 2.20. The lowest BCUT2D eigenvalue weighted by Crippen LogP contribution is -2.34. The lowest BCUT2D eigenvalue weighted by molar-refractivity contribution is 0.277. The van der Waals surface area contributed by atoms with Crippen molar-refractivity contribution in [2.75, 3.05) is 18.0 Å². The summed E-state index contributed by atoms with van der Waals surface area (Å²) < 4.78 is 13.9. The van der Waals surface area contributed by atoms with E-state index in [2.05, 4.69) is 26.9 Å². The molecule has 1 heterocycles. The molecule has 0 spiro atoms. The topological polar surface area (TPSA) is 27.0 Å². The number of alkyl halides is 1. The number of rotatable bonds is 1. The minimum Gasteiger partial charge on any atom is -0.370 e. The van der Waals surface area contributed by atoms with Crippen LogP contribution < -0.4 is 4.90 Å². The minimum absolute atomic E-state index is 0.556. The highest BCUT2D eigenvalue weighted by molar-refractivity contribution is 9.10. The summed E-state index contributed by atoms with van der Waals surface area (Å²) in [5, 5.41) is 9.05. The third-order valence-electron chi connectivity index (χ3n) is 2.84. The lowest BCUT2D eigenvalue weighted by atomic mass is 10.1. The van der Waals surface area contributed by atoms with Crippen LogP contribution in [0.1, 0.15) is 18.4 Å². The van der Waals surface area contributed by atoms with Crippen molar-refractivity contribution in [3.63, 3.8) is 0 Å². The Labute approximate surface area is 103 Å². The van der Waals surface area contributed by atoms with Gasteiger partial charge in [-0.05, 0) is 31.0 Å². The van der Waals surface area contributed by atoms with Crippen molar-refractivity contribution >= 4 is 21.6 Å². The van der Waals surface area contributed by atoms with Gasteiger partial charge in [0.15, 0.2) is 0 Å². The van der Waals surface area contributed by atoms with Gasteiger partial charge in [-0.2, -0.15) is 5.26 Å². The zero-order chi connectivity index (χ0) is 11.5. The van der Waals surface area contributed by atoms with E-state index >= 15 is 0 Å². The second-order valence-electron chi connectivity index (χ2n) is 3.93. The van der Waals surface area contributed by atoms with Crippen molar-refractivity contribution < 1.29 is 4.39 Å². The highest BCUT2D eigenvalue weighted by atomic mass is 79.9. The first kappa shape index (κ1) is 11.4. The predicted molar refractivity (Wildman–Crippen MR) is 65.2 cm³/mol. The van der Waals surface area contributed by atoms with Crippen molar-refractivity contribution in [2.45, 2.75) is 19.0 Å². The first-order valence-electron chi connectivity index (χ1n) is 5.29. The molecule has 0 unspecified atom stereocenters. The summed E-state index contributed by atoms with van der Waals surface area (Å²) in [5.41, 5.74) is 1.56. The van der Waals surface area contributed by atoms with Crippen LogP contribution in [0, 0.1) is 11.3 Å². The molecule has 0 amide bonds. The van der Waals surface area contributed by atoms with Crippen LogP contribution in [0.25, 0.3) is 0 Å². The summed E-state index contributed by atoms with van der Waals surface area (Å²) in [7, 11) is 0. The first-order valence-corrected chi connectivity index (χ1v) is 6.08. The van der Waals surface area contributed by atoms with Crippen LogP contribution in [0.3, 0.4) is 0 Å². The van der Waals surface area contributed by atoms with E-state index in [1.54, 1.807) is 6.07 Å². The van der Waals surface area contributed by atoms with E-state index in [4.69, 9.17) is 5.26 Å². The van der Waals surface area contributed by atoms with E-state index in [1.807, 2.05) is 12.1 Å². The summed E-state index contributed by atoms with van der Waals surface area (Å²) in [6.07, 6.45) is 0.430.